The van der Waals surface area contributed by atoms with Crippen LogP contribution in [-0.2, 0) is 22.6 Å². The summed E-state index contributed by atoms with van der Waals surface area (Å²) in [6, 6.07) is 9.97. The van der Waals surface area contributed by atoms with Crippen LogP contribution in [0.2, 0.25) is 0 Å². The molecule has 7 nitrogen and oxygen atoms in total. The molecule has 0 bridgehead atoms. The first-order valence-electron chi connectivity index (χ1n) is 8.62. The Balaban J connectivity index is 1.89. The highest BCUT2D eigenvalue weighted by molar-refractivity contribution is 6.00. The molecule has 0 fully saturated rings. The van der Waals surface area contributed by atoms with Crippen LogP contribution in [-0.4, -0.2) is 34.3 Å². The van der Waals surface area contributed by atoms with Crippen LogP contribution in [0.5, 0.6) is 5.75 Å². The smallest absolute Gasteiger partial charge is 0.254 e. The van der Waals surface area contributed by atoms with Gasteiger partial charge in [-0.3, -0.25) is 14.4 Å². The fourth-order valence-corrected chi connectivity index (χ4v) is 3.20. The van der Waals surface area contributed by atoms with Gasteiger partial charge in [-0.05, 0) is 47.9 Å². The van der Waals surface area contributed by atoms with E-state index in [1.165, 1.54) is 13.8 Å². The lowest BCUT2D eigenvalue weighted by Gasteiger charge is -2.29. The molecule has 140 valence electrons. The molecule has 1 aliphatic heterocycles. The van der Waals surface area contributed by atoms with Gasteiger partial charge >= 0.3 is 0 Å². The number of fused-ring (bicyclic) bond motifs is 1. The fraction of sp³-hybridized carbons (Fsp3) is 0.250. The SMILES string of the molecule is CC(=O)Nc1cc(NC(C)=O)cc(C(=O)N2CCc3ccc(O)cc3C2)c1. The standard InChI is InChI=1S/C20H21N3O4/c1-12(24)21-17-7-15(8-18(10-17)22-13(2)25)20(27)23-6-5-14-3-4-19(26)9-16(14)11-23/h3-4,7-10,26H,5-6,11H2,1-2H3,(H,21,24)(H,22,25). The van der Waals surface area contributed by atoms with Crippen LogP contribution in [0, 0.1) is 0 Å². The van der Waals surface area contributed by atoms with Crippen LogP contribution in [0.4, 0.5) is 11.4 Å². The van der Waals surface area contributed by atoms with Gasteiger partial charge in [-0.25, -0.2) is 0 Å². The number of rotatable bonds is 3. The van der Waals surface area contributed by atoms with E-state index in [4.69, 9.17) is 0 Å². The van der Waals surface area contributed by atoms with Gasteiger partial charge in [0, 0.05) is 43.9 Å². The second-order valence-corrected chi connectivity index (χ2v) is 6.59. The molecule has 3 rings (SSSR count). The number of phenols is 1. The van der Waals surface area contributed by atoms with E-state index in [1.807, 2.05) is 6.07 Å². The maximum atomic E-state index is 13.0. The lowest BCUT2D eigenvalue weighted by molar-refractivity contribution is -0.115. The largest absolute Gasteiger partial charge is 0.508 e. The van der Waals surface area contributed by atoms with E-state index in [-0.39, 0.29) is 23.5 Å². The van der Waals surface area contributed by atoms with Crippen LogP contribution in [0.1, 0.15) is 35.3 Å². The summed E-state index contributed by atoms with van der Waals surface area (Å²) in [4.78, 5) is 37.5. The molecule has 0 aliphatic carbocycles. The van der Waals surface area contributed by atoms with E-state index < -0.39 is 0 Å². The molecule has 7 heteroatoms. The highest BCUT2D eigenvalue weighted by Crippen LogP contribution is 2.26. The molecule has 2 aromatic carbocycles. The lowest BCUT2D eigenvalue weighted by Crippen LogP contribution is -2.36. The summed E-state index contributed by atoms with van der Waals surface area (Å²) in [5, 5.41) is 15.0. The maximum absolute atomic E-state index is 13.0. The number of phenolic OH excluding ortho intramolecular Hbond substituents is 1. The molecule has 0 saturated heterocycles. The van der Waals surface area contributed by atoms with E-state index in [9.17, 15) is 19.5 Å². The number of carbonyl (C=O) groups is 3. The van der Waals surface area contributed by atoms with Gasteiger partial charge < -0.3 is 20.6 Å². The predicted molar refractivity (Wildman–Crippen MR) is 102 cm³/mol. The van der Waals surface area contributed by atoms with Gasteiger partial charge in [0.2, 0.25) is 11.8 Å². The zero-order valence-electron chi connectivity index (χ0n) is 15.2. The summed E-state index contributed by atoms with van der Waals surface area (Å²) in [6.07, 6.45) is 0.700. The van der Waals surface area contributed by atoms with Crippen molar-refractivity contribution in [2.45, 2.75) is 26.8 Å². The van der Waals surface area contributed by atoms with Crippen LogP contribution < -0.4 is 10.6 Å². The van der Waals surface area contributed by atoms with Crippen LogP contribution in [0.15, 0.2) is 36.4 Å². The molecule has 0 saturated carbocycles. The quantitative estimate of drug-likeness (QED) is 0.776. The number of hydrogen-bond acceptors (Lipinski definition) is 4. The first-order valence-corrected chi connectivity index (χ1v) is 8.62. The Bertz CT molecular complexity index is 889. The Morgan fingerprint density at radius 1 is 0.926 bits per heavy atom. The first kappa shape index (κ1) is 18.4. The number of anilines is 2. The van der Waals surface area contributed by atoms with Gasteiger partial charge in [0.15, 0.2) is 0 Å². The zero-order valence-corrected chi connectivity index (χ0v) is 15.2. The number of hydrogen-bond donors (Lipinski definition) is 3. The van der Waals surface area contributed by atoms with Crippen molar-refractivity contribution in [3.05, 3.63) is 53.1 Å². The molecule has 1 aliphatic rings. The van der Waals surface area contributed by atoms with Crippen molar-refractivity contribution in [1.29, 1.82) is 0 Å². The monoisotopic (exact) mass is 367 g/mol. The van der Waals surface area contributed by atoms with Gasteiger partial charge in [-0.2, -0.15) is 0 Å². The average molecular weight is 367 g/mol. The molecule has 1 heterocycles. The van der Waals surface area contributed by atoms with Crippen molar-refractivity contribution in [2.24, 2.45) is 0 Å². The van der Waals surface area contributed by atoms with Crippen molar-refractivity contribution in [2.75, 3.05) is 17.2 Å². The van der Waals surface area contributed by atoms with E-state index in [0.717, 1.165) is 11.1 Å². The van der Waals surface area contributed by atoms with E-state index in [2.05, 4.69) is 10.6 Å². The van der Waals surface area contributed by atoms with E-state index in [0.29, 0.717) is 36.4 Å². The molecular weight excluding hydrogens is 346 g/mol. The number of nitrogens with zero attached hydrogens (tertiary/aromatic N) is 1. The Morgan fingerprint density at radius 3 is 2.15 bits per heavy atom. The predicted octanol–water partition coefficient (Wildman–Crippen LogP) is 2.51. The van der Waals surface area contributed by atoms with Crippen molar-refractivity contribution in [3.63, 3.8) is 0 Å². The average Bonchev–Trinajstić information content (AvgIpc) is 2.59. The third-order valence-electron chi connectivity index (χ3n) is 4.31. The molecule has 3 amide bonds. The van der Waals surface area contributed by atoms with Crippen molar-refractivity contribution < 1.29 is 19.5 Å². The van der Waals surface area contributed by atoms with Gasteiger partial charge in [0.05, 0.1) is 0 Å². The Kier molecular flexibility index (Phi) is 5.12. The Hall–Kier alpha value is -3.35. The molecule has 27 heavy (non-hydrogen) atoms. The summed E-state index contributed by atoms with van der Waals surface area (Å²) in [5.74, 6) is -0.571. The minimum Gasteiger partial charge on any atom is -0.508 e. The third-order valence-corrected chi connectivity index (χ3v) is 4.31. The second kappa shape index (κ2) is 7.49. The van der Waals surface area contributed by atoms with Crippen LogP contribution in [0.25, 0.3) is 0 Å². The second-order valence-electron chi connectivity index (χ2n) is 6.59. The number of nitrogens with one attached hydrogen (secondary N) is 2. The number of amides is 3. The number of carbonyl (C=O) groups excluding carboxylic acids is 3. The minimum atomic E-state index is -0.268. The summed E-state index contributed by atoms with van der Waals surface area (Å²) >= 11 is 0. The number of aromatic hydroxyl groups is 1. The van der Waals surface area contributed by atoms with Gasteiger partial charge in [-0.15, -0.1) is 0 Å². The molecular formula is C20H21N3O4. The topological polar surface area (TPSA) is 98.7 Å². The van der Waals surface area contributed by atoms with Crippen molar-refractivity contribution in [1.82, 2.24) is 4.90 Å². The van der Waals surface area contributed by atoms with Gasteiger partial charge in [0.25, 0.3) is 5.91 Å². The normalized spacial score (nSPS) is 12.9. The van der Waals surface area contributed by atoms with E-state index >= 15 is 0 Å². The highest BCUT2D eigenvalue weighted by Gasteiger charge is 2.23. The third kappa shape index (κ3) is 4.44. The van der Waals surface area contributed by atoms with Crippen LogP contribution >= 0.6 is 0 Å². The molecule has 0 unspecified atom stereocenters. The molecule has 0 radical (unpaired) electrons. The van der Waals surface area contributed by atoms with Crippen molar-refractivity contribution >= 4 is 29.1 Å². The molecule has 2 aromatic rings. The fourth-order valence-electron chi connectivity index (χ4n) is 3.20. The molecule has 0 atom stereocenters. The maximum Gasteiger partial charge on any atom is 0.254 e. The molecule has 3 N–H and O–H groups in total. The van der Waals surface area contributed by atoms with Crippen LogP contribution in [0.3, 0.4) is 0 Å². The van der Waals surface area contributed by atoms with Crippen molar-refractivity contribution in [3.8, 4) is 5.75 Å². The number of benzene rings is 2. The summed E-state index contributed by atoms with van der Waals surface area (Å²) in [7, 11) is 0. The zero-order chi connectivity index (χ0) is 19.6. The summed E-state index contributed by atoms with van der Waals surface area (Å²) < 4.78 is 0. The minimum absolute atomic E-state index is 0.170. The molecule has 0 spiro atoms. The molecule has 0 aromatic heterocycles. The van der Waals surface area contributed by atoms with Gasteiger partial charge in [-0.1, -0.05) is 6.07 Å². The first-order chi connectivity index (χ1) is 12.8. The lowest BCUT2D eigenvalue weighted by atomic mass is 9.98. The summed E-state index contributed by atoms with van der Waals surface area (Å²) in [6.45, 7) is 3.69. The van der Waals surface area contributed by atoms with E-state index in [1.54, 1.807) is 35.2 Å². The Labute approximate surface area is 157 Å². The van der Waals surface area contributed by atoms with Gasteiger partial charge in [0.1, 0.15) is 5.75 Å². The highest BCUT2D eigenvalue weighted by atomic mass is 16.3. The Morgan fingerprint density at radius 2 is 1.56 bits per heavy atom. The summed E-state index contributed by atoms with van der Waals surface area (Å²) in [5.41, 5.74) is 3.27.